The molecule has 50 heavy (non-hydrogen) atoms. The SMILES string of the molecule is O=c1c2c(c(-c3ccccc3)c(-c3ccccc3)n1-c1ccccc1)c1ccccc1n2-c1nc(-c2ccccc2)nc(-c2ccccc2)n1. The maximum atomic E-state index is 15.5. The quantitative estimate of drug-likeness (QED) is 0.181. The van der Waals surface area contributed by atoms with E-state index in [1.807, 2.05) is 155 Å². The van der Waals surface area contributed by atoms with Gasteiger partial charge >= 0.3 is 0 Å². The minimum absolute atomic E-state index is 0.177. The van der Waals surface area contributed by atoms with E-state index >= 15 is 4.79 Å². The first-order valence-corrected chi connectivity index (χ1v) is 16.5. The zero-order valence-corrected chi connectivity index (χ0v) is 26.9. The van der Waals surface area contributed by atoms with Crippen LogP contribution in [0.1, 0.15) is 0 Å². The van der Waals surface area contributed by atoms with E-state index in [0.29, 0.717) is 23.1 Å². The molecule has 6 heteroatoms. The molecule has 0 atom stereocenters. The number of pyridine rings is 1. The Morgan fingerprint density at radius 3 is 1.44 bits per heavy atom. The first kappa shape index (κ1) is 29.2. The van der Waals surface area contributed by atoms with Gasteiger partial charge in [0, 0.05) is 33.2 Å². The third-order valence-electron chi connectivity index (χ3n) is 9.00. The highest BCUT2D eigenvalue weighted by molar-refractivity contribution is 6.18. The van der Waals surface area contributed by atoms with Crippen molar-refractivity contribution in [1.82, 2.24) is 24.1 Å². The fourth-order valence-electron chi connectivity index (χ4n) is 6.82. The summed E-state index contributed by atoms with van der Waals surface area (Å²) in [6, 6.07) is 58.2. The van der Waals surface area contributed by atoms with Gasteiger partial charge in [-0.2, -0.15) is 9.97 Å². The van der Waals surface area contributed by atoms with Crippen molar-refractivity contribution in [2.75, 3.05) is 0 Å². The predicted molar refractivity (Wildman–Crippen MR) is 202 cm³/mol. The van der Waals surface area contributed by atoms with Crippen molar-refractivity contribution >= 4 is 21.8 Å². The van der Waals surface area contributed by atoms with E-state index in [1.165, 1.54) is 0 Å². The van der Waals surface area contributed by atoms with Gasteiger partial charge in [0.15, 0.2) is 11.6 Å². The predicted octanol–water partition coefficient (Wildman–Crippen LogP) is 9.79. The molecule has 0 N–H and O–H groups in total. The Hall–Kier alpha value is -6.92. The number of para-hydroxylation sites is 2. The second-order valence-electron chi connectivity index (χ2n) is 12.0. The summed E-state index contributed by atoms with van der Waals surface area (Å²) in [5.41, 5.74) is 7.29. The van der Waals surface area contributed by atoms with Gasteiger partial charge in [-0.05, 0) is 29.3 Å². The number of rotatable bonds is 6. The van der Waals surface area contributed by atoms with Gasteiger partial charge in [-0.15, -0.1) is 0 Å². The zero-order chi connectivity index (χ0) is 33.4. The lowest BCUT2D eigenvalue weighted by Crippen LogP contribution is -2.23. The van der Waals surface area contributed by atoms with E-state index in [9.17, 15) is 0 Å². The van der Waals surface area contributed by atoms with Gasteiger partial charge < -0.3 is 0 Å². The van der Waals surface area contributed by atoms with Gasteiger partial charge in [-0.3, -0.25) is 13.9 Å². The molecule has 0 amide bonds. The van der Waals surface area contributed by atoms with Gasteiger partial charge in [-0.1, -0.05) is 158 Å². The first-order valence-electron chi connectivity index (χ1n) is 16.5. The number of nitrogens with zero attached hydrogens (tertiary/aromatic N) is 5. The standard InChI is InChI=1S/C44H29N5O/c50-43-40-38(37(30-18-6-1-7-19-30)39(31-20-8-2-9-21-31)48(43)34-26-14-5-15-27-34)35-28-16-17-29-36(35)49(40)44-46-41(32-22-10-3-11-23-32)45-42(47-44)33-24-12-4-13-25-33/h1-29H. The fraction of sp³-hybridized carbons (Fsp3) is 0. The summed E-state index contributed by atoms with van der Waals surface area (Å²) in [5.74, 6) is 1.41. The molecule has 0 saturated carbocycles. The van der Waals surface area contributed by atoms with E-state index in [0.717, 1.165) is 55.5 Å². The molecule has 6 nitrogen and oxygen atoms in total. The number of fused-ring (bicyclic) bond motifs is 3. The maximum absolute atomic E-state index is 15.5. The molecule has 0 aliphatic heterocycles. The van der Waals surface area contributed by atoms with Crippen LogP contribution in [0.4, 0.5) is 0 Å². The highest BCUT2D eigenvalue weighted by Crippen LogP contribution is 2.43. The molecular weight excluding hydrogens is 615 g/mol. The average Bonchev–Trinajstić information content (AvgIpc) is 3.55. The number of aromatic nitrogens is 5. The molecule has 6 aromatic carbocycles. The molecule has 0 spiro atoms. The van der Waals surface area contributed by atoms with Crippen LogP contribution in [0.2, 0.25) is 0 Å². The van der Waals surface area contributed by atoms with Crippen LogP contribution < -0.4 is 5.56 Å². The Labute approximate surface area is 288 Å². The van der Waals surface area contributed by atoms with Crippen LogP contribution in [-0.4, -0.2) is 24.1 Å². The number of benzene rings is 6. The molecule has 0 bridgehead atoms. The van der Waals surface area contributed by atoms with Crippen molar-refractivity contribution < 1.29 is 0 Å². The molecule has 9 aromatic rings. The minimum Gasteiger partial charge on any atom is -0.274 e. The third-order valence-corrected chi connectivity index (χ3v) is 9.00. The Balaban J connectivity index is 1.50. The van der Waals surface area contributed by atoms with Crippen molar-refractivity contribution in [1.29, 1.82) is 0 Å². The van der Waals surface area contributed by atoms with Crippen LogP contribution in [0.3, 0.4) is 0 Å². The van der Waals surface area contributed by atoms with E-state index < -0.39 is 0 Å². The van der Waals surface area contributed by atoms with E-state index in [2.05, 4.69) is 30.3 Å². The molecule has 0 unspecified atom stereocenters. The lowest BCUT2D eigenvalue weighted by Gasteiger charge is -2.20. The summed E-state index contributed by atoms with van der Waals surface area (Å²) >= 11 is 0. The molecule has 236 valence electrons. The van der Waals surface area contributed by atoms with E-state index in [1.54, 1.807) is 0 Å². The Morgan fingerprint density at radius 2 is 0.880 bits per heavy atom. The van der Waals surface area contributed by atoms with Crippen LogP contribution in [0.25, 0.3) is 78.6 Å². The maximum Gasteiger partial charge on any atom is 0.280 e. The summed E-state index contributed by atoms with van der Waals surface area (Å²) in [4.78, 5) is 30.6. The van der Waals surface area contributed by atoms with Gasteiger partial charge in [0.25, 0.3) is 5.56 Å². The van der Waals surface area contributed by atoms with Crippen LogP contribution in [0.5, 0.6) is 0 Å². The molecule has 3 aromatic heterocycles. The van der Waals surface area contributed by atoms with Gasteiger partial charge in [0.1, 0.15) is 5.52 Å². The number of hydrogen-bond acceptors (Lipinski definition) is 4. The molecule has 0 saturated heterocycles. The summed E-state index contributed by atoms with van der Waals surface area (Å²) in [6.45, 7) is 0. The lowest BCUT2D eigenvalue weighted by molar-refractivity contribution is 0.936. The molecule has 0 aliphatic rings. The average molecular weight is 644 g/mol. The van der Waals surface area contributed by atoms with Crippen molar-refractivity contribution in [2.45, 2.75) is 0 Å². The van der Waals surface area contributed by atoms with Crippen molar-refractivity contribution in [2.24, 2.45) is 0 Å². The monoisotopic (exact) mass is 643 g/mol. The third kappa shape index (κ3) is 4.90. The highest BCUT2D eigenvalue weighted by atomic mass is 16.1. The number of hydrogen-bond donors (Lipinski definition) is 0. The molecule has 0 aliphatic carbocycles. The van der Waals surface area contributed by atoms with Crippen molar-refractivity contribution in [3.63, 3.8) is 0 Å². The molecule has 0 fully saturated rings. The second-order valence-corrected chi connectivity index (χ2v) is 12.0. The van der Waals surface area contributed by atoms with Gasteiger partial charge in [0.05, 0.1) is 11.2 Å². The topological polar surface area (TPSA) is 65.6 Å². The Morgan fingerprint density at radius 1 is 0.420 bits per heavy atom. The Kier molecular flexibility index (Phi) is 7.17. The second kappa shape index (κ2) is 12.3. The smallest absolute Gasteiger partial charge is 0.274 e. The summed E-state index contributed by atoms with van der Waals surface area (Å²) in [5, 5.41) is 1.77. The van der Waals surface area contributed by atoms with Crippen molar-refractivity contribution in [3.8, 4) is 56.8 Å². The highest BCUT2D eigenvalue weighted by Gasteiger charge is 2.28. The zero-order valence-electron chi connectivity index (χ0n) is 26.9. The minimum atomic E-state index is -0.177. The van der Waals surface area contributed by atoms with E-state index in [-0.39, 0.29) is 5.56 Å². The summed E-state index contributed by atoms with van der Waals surface area (Å²) < 4.78 is 3.76. The first-order chi connectivity index (χ1) is 24.8. The van der Waals surface area contributed by atoms with Gasteiger partial charge in [-0.25, -0.2) is 4.98 Å². The Bertz CT molecular complexity index is 2630. The molecule has 9 rings (SSSR count). The molecule has 3 heterocycles. The lowest BCUT2D eigenvalue weighted by atomic mass is 9.94. The summed E-state index contributed by atoms with van der Waals surface area (Å²) in [6.07, 6.45) is 0. The van der Waals surface area contributed by atoms with Crippen molar-refractivity contribution in [3.05, 3.63) is 186 Å². The van der Waals surface area contributed by atoms with Crippen LogP contribution >= 0.6 is 0 Å². The largest absolute Gasteiger partial charge is 0.280 e. The van der Waals surface area contributed by atoms with Crippen LogP contribution in [0.15, 0.2) is 181 Å². The van der Waals surface area contributed by atoms with Crippen LogP contribution in [0, 0.1) is 0 Å². The van der Waals surface area contributed by atoms with Gasteiger partial charge in [0.2, 0.25) is 5.95 Å². The van der Waals surface area contributed by atoms with E-state index in [4.69, 9.17) is 15.0 Å². The fourth-order valence-corrected chi connectivity index (χ4v) is 6.82. The summed E-state index contributed by atoms with van der Waals surface area (Å²) in [7, 11) is 0. The molecule has 0 radical (unpaired) electrons. The molecular formula is C44H29N5O. The van der Waals surface area contributed by atoms with Crippen LogP contribution in [-0.2, 0) is 0 Å². The normalized spacial score (nSPS) is 11.3.